The first-order chi connectivity index (χ1) is 14.2. The van der Waals surface area contributed by atoms with Crippen LogP contribution in [0.5, 0.6) is 5.75 Å². The molecule has 2 aromatic rings. The fourth-order valence-corrected chi connectivity index (χ4v) is 4.99. The smallest absolute Gasteiger partial charge is 0.251 e. The Hall–Kier alpha value is -1.84. The summed E-state index contributed by atoms with van der Waals surface area (Å²) in [5, 5.41) is 3.66. The van der Waals surface area contributed by atoms with Gasteiger partial charge in [0.1, 0.15) is 10.6 Å². The molecule has 1 saturated heterocycles. The lowest BCUT2D eigenvalue weighted by Gasteiger charge is -2.26. The zero-order valence-corrected chi connectivity index (χ0v) is 18.9. The second-order valence-electron chi connectivity index (χ2n) is 6.75. The molecule has 3 rings (SSSR count). The molecule has 10 heteroatoms. The monoisotopic (exact) mass is 472 g/mol. The molecule has 0 radical (unpaired) electrons. The van der Waals surface area contributed by atoms with Crippen molar-refractivity contribution in [3.8, 4) is 5.75 Å². The number of methoxy groups -OCH3 is 1. The number of nitrogens with zero attached hydrogens (tertiary/aromatic N) is 1. The highest BCUT2D eigenvalue weighted by Gasteiger charge is 2.30. The van der Waals surface area contributed by atoms with E-state index in [0.717, 1.165) is 5.56 Å². The molecule has 0 saturated carbocycles. The Kier molecular flexibility index (Phi) is 7.26. The van der Waals surface area contributed by atoms with Gasteiger partial charge in [0.15, 0.2) is 0 Å². The van der Waals surface area contributed by atoms with Crippen molar-refractivity contribution in [2.24, 2.45) is 0 Å². The molecule has 0 bridgehead atoms. The van der Waals surface area contributed by atoms with E-state index in [1.807, 2.05) is 0 Å². The average molecular weight is 473 g/mol. The largest absolute Gasteiger partial charge is 0.495 e. The van der Waals surface area contributed by atoms with E-state index in [4.69, 9.17) is 32.7 Å². The fraction of sp³-hybridized carbons (Fsp3) is 0.350. The summed E-state index contributed by atoms with van der Waals surface area (Å²) in [5.41, 5.74) is 0.974. The average Bonchev–Trinajstić information content (AvgIpc) is 2.75. The molecule has 1 atom stereocenters. The van der Waals surface area contributed by atoms with Gasteiger partial charge in [-0.2, -0.15) is 4.31 Å². The van der Waals surface area contributed by atoms with E-state index in [2.05, 4.69) is 5.32 Å². The van der Waals surface area contributed by atoms with Crippen LogP contribution in [0.15, 0.2) is 41.3 Å². The van der Waals surface area contributed by atoms with Crippen LogP contribution in [0.1, 0.15) is 28.9 Å². The van der Waals surface area contributed by atoms with Crippen molar-refractivity contribution in [1.29, 1.82) is 0 Å². The zero-order chi connectivity index (χ0) is 21.9. The van der Waals surface area contributed by atoms with Crippen LogP contribution < -0.4 is 10.1 Å². The van der Waals surface area contributed by atoms with Gasteiger partial charge in [-0.05, 0) is 42.8 Å². The topological polar surface area (TPSA) is 84.9 Å². The third-order valence-electron chi connectivity index (χ3n) is 4.80. The summed E-state index contributed by atoms with van der Waals surface area (Å²) in [6, 6.07) is 9.07. The van der Waals surface area contributed by atoms with Crippen molar-refractivity contribution < 1.29 is 22.7 Å². The van der Waals surface area contributed by atoms with Crippen LogP contribution >= 0.6 is 23.2 Å². The number of benzene rings is 2. The summed E-state index contributed by atoms with van der Waals surface area (Å²) < 4.78 is 38.0. The molecule has 1 amide bonds. The van der Waals surface area contributed by atoms with Gasteiger partial charge in [-0.3, -0.25) is 4.79 Å². The Morgan fingerprint density at radius 3 is 2.47 bits per heavy atom. The van der Waals surface area contributed by atoms with Crippen LogP contribution in [0.4, 0.5) is 0 Å². The number of carbonyl (C=O) groups is 1. The Morgan fingerprint density at radius 1 is 1.13 bits per heavy atom. The van der Waals surface area contributed by atoms with E-state index >= 15 is 0 Å². The lowest BCUT2D eigenvalue weighted by Crippen LogP contribution is -2.40. The number of nitrogens with one attached hydrogen (secondary N) is 1. The number of sulfonamides is 1. The Bertz CT molecular complexity index is 1040. The second-order valence-corrected chi connectivity index (χ2v) is 9.47. The van der Waals surface area contributed by atoms with Gasteiger partial charge in [-0.1, -0.05) is 29.3 Å². The second kappa shape index (κ2) is 9.53. The van der Waals surface area contributed by atoms with Gasteiger partial charge in [-0.25, -0.2) is 8.42 Å². The van der Waals surface area contributed by atoms with E-state index in [1.165, 1.54) is 29.6 Å². The standard InChI is InChI=1S/C20H22Cl2N2O5S/c1-13(14-3-5-16(21)17(22)11-14)23-20(25)15-4-6-18(28-2)19(12-15)30(26,27)24-7-9-29-10-8-24/h3-6,11-13H,7-10H2,1-2H3,(H,23,25). The molecule has 162 valence electrons. The summed E-state index contributed by atoms with van der Waals surface area (Å²) in [6.45, 7) is 2.94. The summed E-state index contributed by atoms with van der Waals surface area (Å²) >= 11 is 12.0. The third-order valence-corrected chi connectivity index (χ3v) is 7.46. The molecule has 1 N–H and O–H groups in total. The van der Waals surface area contributed by atoms with Crippen LogP contribution in [-0.2, 0) is 14.8 Å². The number of amides is 1. The SMILES string of the molecule is COc1ccc(C(=O)NC(C)c2ccc(Cl)c(Cl)c2)cc1S(=O)(=O)N1CCOCC1. The Balaban J connectivity index is 1.86. The maximum Gasteiger partial charge on any atom is 0.251 e. The van der Waals surface area contributed by atoms with Crippen molar-refractivity contribution in [3.63, 3.8) is 0 Å². The highest BCUT2D eigenvalue weighted by molar-refractivity contribution is 7.89. The van der Waals surface area contributed by atoms with Crippen molar-refractivity contribution >= 4 is 39.1 Å². The molecule has 1 fully saturated rings. The lowest BCUT2D eigenvalue weighted by molar-refractivity contribution is 0.0729. The maximum atomic E-state index is 13.1. The number of ether oxygens (including phenoxy) is 2. The van der Waals surface area contributed by atoms with E-state index in [9.17, 15) is 13.2 Å². The normalized spacial score (nSPS) is 16.1. The van der Waals surface area contributed by atoms with Crippen molar-refractivity contribution in [2.75, 3.05) is 33.4 Å². The molecule has 1 aliphatic rings. The van der Waals surface area contributed by atoms with Crippen LogP contribution in [0.3, 0.4) is 0 Å². The summed E-state index contributed by atoms with van der Waals surface area (Å²) in [5.74, 6) is -0.245. The van der Waals surface area contributed by atoms with Crippen LogP contribution in [0, 0.1) is 0 Å². The van der Waals surface area contributed by atoms with Crippen LogP contribution in [-0.4, -0.2) is 52.0 Å². The third kappa shape index (κ3) is 4.90. The summed E-state index contributed by atoms with van der Waals surface area (Å²) in [4.78, 5) is 12.7. The van der Waals surface area contributed by atoms with Crippen molar-refractivity contribution in [1.82, 2.24) is 9.62 Å². The molecule has 0 spiro atoms. The highest BCUT2D eigenvalue weighted by atomic mass is 35.5. The molecule has 30 heavy (non-hydrogen) atoms. The van der Waals surface area contributed by atoms with E-state index in [-0.39, 0.29) is 35.3 Å². The fourth-order valence-electron chi connectivity index (χ4n) is 3.09. The minimum absolute atomic E-state index is 0.0539. The Morgan fingerprint density at radius 2 is 1.83 bits per heavy atom. The highest BCUT2D eigenvalue weighted by Crippen LogP contribution is 2.29. The van der Waals surface area contributed by atoms with Gasteiger partial charge in [0.05, 0.1) is 36.4 Å². The van der Waals surface area contributed by atoms with Gasteiger partial charge in [0.2, 0.25) is 10.0 Å². The lowest BCUT2D eigenvalue weighted by atomic mass is 10.1. The van der Waals surface area contributed by atoms with Gasteiger partial charge in [-0.15, -0.1) is 0 Å². The van der Waals surface area contributed by atoms with Crippen molar-refractivity contribution in [3.05, 3.63) is 57.6 Å². The zero-order valence-electron chi connectivity index (χ0n) is 16.5. The molecule has 1 heterocycles. The molecular weight excluding hydrogens is 451 g/mol. The summed E-state index contributed by atoms with van der Waals surface area (Å²) in [6.07, 6.45) is 0. The minimum atomic E-state index is -3.84. The van der Waals surface area contributed by atoms with E-state index < -0.39 is 15.9 Å². The molecule has 0 aliphatic carbocycles. The number of morpholine rings is 1. The first-order valence-electron chi connectivity index (χ1n) is 9.26. The maximum absolute atomic E-state index is 13.1. The molecular formula is C20H22Cl2N2O5S. The van der Waals surface area contributed by atoms with Gasteiger partial charge in [0, 0.05) is 18.7 Å². The first kappa shape index (κ1) is 22.8. The minimum Gasteiger partial charge on any atom is -0.495 e. The Labute approximate surface area is 185 Å². The number of halogens is 2. The number of rotatable bonds is 6. The summed E-state index contributed by atoms with van der Waals surface area (Å²) in [7, 11) is -2.45. The molecule has 7 nitrogen and oxygen atoms in total. The van der Waals surface area contributed by atoms with Gasteiger partial charge >= 0.3 is 0 Å². The number of hydrogen-bond donors (Lipinski definition) is 1. The van der Waals surface area contributed by atoms with Crippen molar-refractivity contribution in [2.45, 2.75) is 17.9 Å². The van der Waals surface area contributed by atoms with Crippen LogP contribution in [0.2, 0.25) is 10.0 Å². The number of carbonyl (C=O) groups excluding carboxylic acids is 1. The number of hydrogen-bond acceptors (Lipinski definition) is 5. The molecule has 2 aromatic carbocycles. The van der Waals surface area contributed by atoms with Gasteiger partial charge in [0.25, 0.3) is 5.91 Å². The molecule has 1 unspecified atom stereocenters. The quantitative estimate of drug-likeness (QED) is 0.694. The predicted molar refractivity (Wildman–Crippen MR) is 115 cm³/mol. The van der Waals surface area contributed by atoms with E-state index in [1.54, 1.807) is 25.1 Å². The first-order valence-corrected chi connectivity index (χ1v) is 11.5. The molecule has 0 aromatic heterocycles. The molecule has 1 aliphatic heterocycles. The van der Waals surface area contributed by atoms with E-state index in [0.29, 0.717) is 23.3 Å². The van der Waals surface area contributed by atoms with Gasteiger partial charge < -0.3 is 14.8 Å². The van der Waals surface area contributed by atoms with Crippen LogP contribution in [0.25, 0.3) is 0 Å². The predicted octanol–water partition coefficient (Wildman–Crippen LogP) is 3.51.